The number of amides is 1. The quantitative estimate of drug-likeness (QED) is 0.884. The number of anilines is 1. The number of carboxylic acid groups (broad SMARTS) is 1. The third-order valence-electron chi connectivity index (χ3n) is 3.84. The topological polar surface area (TPSA) is 66.4 Å². The van der Waals surface area contributed by atoms with E-state index >= 15 is 0 Å². The second kappa shape index (κ2) is 6.39. The van der Waals surface area contributed by atoms with Crippen LogP contribution in [0.25, 0.3) is 0 Å². The molecule has 108 valence electrons. The molecule has 1 aromatic rings. The van der Waals surface area contributed by atoms with Crippen LogP contribution in [0.1, 0.15) is 31.2 Å². The van der Waals surface area contributed by atoms with Gasteiger partial charge in [-0.15, -0.1) is 0 Å². The molecule has 1 aliphatic rings. The van der Waals surface area contributed by atoms with Crippen LogP contribution >= 0.6 is 15.9 Å². The van der Waals surface area contributed by atoms with Crippen molar-refractivity contribution in [2.24, 2.45) is 11.8 Å². The molecule has 0 saturated heterocycles. The number of carbonyl (C=O) groups is 2. The van der Waals surface area contributed by atoms with E-state index in [-0.39, 0.29) is 17.7 Å². The molecule has 0 bridgehead atoms. The van der Waals surface area contributed by atoms with E-state index in [9.17, 15) is 9.59 Å². The third kappa shape index (κ3) is 3.39. The van der Waals surface area contributed by atoms with Crippen molar-refractivity contribution in [3.05, 3.63) is 28.2 Å². The van der Waals surface area contributed by atoms with Crippen LogP contribution in [0, 0.1) is 18.8 Å². The zero-order chi connectivity index (χ0) is 14.7. The van der Waals surface area contributed by atoms with E-state index in [0.717, 1.165) is 28.6 Å². The maximum absolute atomic E-state index is 12.3. The van der Waals surface area contributed by atoms with Crippen molar-refractivity contribution in [1.29, 1.82) is 0 Å². The van der Waals surface area contributed by atoms with Gasteiger partial charge in [0.1, 0.15) is 0 Å². The highest BCUT2D eigenvalue weighted by atomic mass is 79.9. The first-order valence-electron chi connectivity index (χ1n) is 6.78. The largest absolute Gasteiger partial charge is 0.481 e. The fourth-order valence-corrected chi connectivity index (χ4v) is 2.99. The molecule has 1 aromatic carbocycles. The number of carboxylic acids is 1. The Bertz CT molecular complexity index is 530. The smallest absolute Gasteiger partial charge is 0.306 e. The van der Waals surface area contributed by atoms with E-state index < -0.39 is 5.97 Å². The minimum Gasteiger partial charge on any atom is -0.481 e. The Morgan fingerprint density at radius 1 is 1.30 bits per heavy atom. The summed E-state index contributed by atoms with van der Waals surface area (Å²) in [6, 6.07) is 5.68. The molecular weight excluding hydrogens is 322 g/mol. The molecule has 1 aliphatic carbocycles. The van der Waals surface area contributed by atoms with Gasteiger partial charge in [-0.1, -0.05) is 18.6 Å². The van der Waals surface area contributed by atoms with E-state index in [0.29, 0.717) is 12.8 Å². The summed E-state index contributed by atoms with van der Waals surface area (Å²) in [6.45, 7) is 1.96. The van der Waals surface area contributed by atoms with Crippen molar-refractivity contribution >= 4 is 33.5 Å². The van der Waals surface area contributed by atoms with Crippen LogP contribution < -0.4 is 5.32 Å². The highest BCUT2D eigenvalue weighted by molar-refractivity contribution is 9.10. The molecule has 2 N–H and O–H groups in total. The Balaban J connectivity index is 2.04. The summed E-state index contributed by atoms with van der Waals surface area (Å²) in [4.78, 5) is 23.3. The molecule has 0 aromatic heterocycles. The van der Waals surface area contributed by atoms with E-state index in [1.165, 1.54) is 0 Å². The average Bonchev–Trinajstić information content (AvgIpc) is 2.44. The van der Waals surface area contributed by atoms with Gasteiger partial charge in [-0.25, -0.2) is 0 Å². The normalized spacial score (nSPS) is 22.3. The molecule has 5 heteroatoms. The Morgan fingerprint density at radius 3 is 2.70 bits per heavy atom. The van der Waals surface area contributed by atoms with Gasteiger partial charge in [-0.05, 0) is 53.7 Å². The van der Waals surface area contributed by atoms with Crippen molar-refractivity contribution in [2.75, 3.05) is 5.32 Å². The Kier molecular flexibility index (Phi) is 4.81. The Hall–Kier alpha value is -1.36. The Morgan fingerprint density at radius 2 is 2.00 bits per heavy atom. The molecular formula is C15H18BrNO3. The van der Waals surface area contributed by atoms with Crippen LogP contribution in [0.3, 0.4) is 0 Å². The van der Waals surface area contributed by atoms with Gasteiger partial charge in [0.25, 0.3) is 0 Å². The number of aliphatic carboxylic acids is 1. The summed E-state index contributed by atoms with van der Waals surface area (Å²) < 4.78 is 0.874. The van der Waals surface area contributed by atoms with Crippen LogP contribution in [-0.2, 0) is 9.59 Å². The highest BCUT2D eigenvalue weighted by Crippen LogP contribution is 2.31. The van der Waals surface area contributed by atoms with Crippen LogP contribution in [-0.4, -0.2) is 17.0 Å². The highest BCUT2D eigenvalue weighted by Gasteiger charge is 2.31. The first-order chi connectivity index (χ1) is 9.49. The van der Waals surface area contributed by atoms with Crippen molar-refractivity contribution in [2.45, 2.75) is 32.6 Å². The standard InChI is InChI=1S/C15H18BrNO3/c1-9-4-2-7-12(13(9)16)17-14(18)10-5-3-6-11(8-10)15(19)20/h2,4,7,10-11H,3,5-6,8H2,1H3,(H,17,18)(H,19,20). The van der Waals surface area contributed by atoms with E-state index in [4.69, 9.17) is 5.11 Å². The minimum atomic E-state index is -0.792. The van der Waals surface area contributed by atoms with Gasteiger partial charge < -0.3 is 10.4 Å². The van der Waals surface area contributed by atoms with Crippen LogP contribution in [0.2, 0.25) is 0 Å². The van der Waals surface area contributed by atoms with Crippen molar-refractivity contribution in [3.63, 3.8) is 0 Å². The number of benzene rings is 1. The van der Waals surface area contributed by atoms with Gasteiger partial charge >= 0.3 is 5.97 Å². The molecule has 0 radical (unpaired) electrons. The predicted octanol–water partition coefficient (Wildman–Crippen LogP) is 3.59. The molecule has 0 aliphatic heterocycles. The molecule has 1 fully saturated rings. The Labute approximate surface area is 126 Å². The maximum Gasteiger partial charge on any atom is 0.306 e. The van der Waals surface area contributed by atoms with Gasteiger partial charge in [-0.3, -0.25) is 9.59 Å². The van der Waals surface area contributed by atoms with Crippen molar-refractivity contribution in [3.8, 4) is 0 Å². The monoisotopic (exact) mass is 339 g/mol. The fraction of sp³-hybridized carbons (Fsp3) is 0.467. The number of carbonyl (C=O) groups excluding carboxylic acids is 1. The summed E-state index contributed by atoms with van der Waals surface area (Å²) in [6.07, 6.45) is 2.67. The van der Waals surface area contributed by atoms with Crippen LogP contribution in [0.5, 0.6) is 0 Å². The molecule has 1 saturated carbocycles. The lowest BCUT2D eigenvalue weighted by Gasteiger charge is -2.26. The lowest BCUT2D eigenvalue weighted by molar-refractivity contribution is -0.143. The van der Waals surface area contributed by atoms with Gasteiger partial charge in [0.15, 0.2) is 0 Å². The van der Waals surface area contributed by atoms with Crippen LogP contribution in [0.15, 0.2) is 22.7 Å². The molecule has 2 atom stereocenters. The SMILES string of the molecule is Cc1cccc(NC(=O)C2CCCC(C(=O)O)C2)c1Br. The maximum atomic E-state index is 12.3. The summed E-state index contributed by atoms with van der Waals surface area (Å²) in [5.41, 5.74) is 1.79. The van der Waals surface area contributed by atoms with Gasteiger partial charge in [-0.2, -0.15) is 0 Å². The molecule has 2 rings (SSSR count). The van der Waals surface area contributed by atoms with Gasteiger partial charge in [0.05, 0.1) is 11.6 Å². The fourth-order valence-electron chi connectivity index (χ4n) is 2.63. The molecule has 0 spiro atoms. The van der Waals surface area contributed by atoms with Crippen LogP contribution in [0.4, 0.5) is 5.69 Å². The molecule has 2 unspecified atom stereocenters. The van der Waals surface area contributed by atoms with E-state index in [1.54, 1.807) is 0 Å². The summed E-state index contributed by atoms with van der Waals surface area (Å²) in [5.74, 6) is -1.47. The second-order valence-electron chi connectivity index (χ2n) is 5.32. The summed E-state index contributed by atoms with van der Waals surface area (Å²) in [7, 11) is 0. The predicted molar refractivity (Wildman–Crippen MR) is 80.6 cm³/mol. The average molecular weight is 340 g/mol. The number of aryl methyl sites for hydroxylation is 1. The number of hydrogen-bond donors (Lipinski definition) is 2. The lowest BCUT2D eigenvalue weighted by Crippen LogP contribution is -2.31. The number of halogens is 1. The zero-order valence-electron chi connectivity index (χ0n) is 11.4. The number of hydrogen-bond acceptors (Lipinski definition) is 2. The number of rotatable bonds is 3. The van der Waals surface area contributed by atoms with Crippen molar-refractivity contribution < 1.29 is 14.7 Å². The van der Waals surface area contributed by atoms with E-state index in [1.807, 2.05) is 25.1 Å². The summed E-state index contributed by atoms with van der Waals surface area (Å²) >= 11 is 3.46. The van der Waals surface area contributed by atoms with E-state index in [2.05, 4.69) is 21.2 Å². The molecule has 20 heavy (non-hydrogen) atoms. The molecule has 4 nitrogen and oxygen atoms in total. The van der Waals surface area contributed by atoms with Crippen molar-refractivity contribution in [1.82, 2.24) is 0 Å². The number of nitrogens with one attached hydrogen (secondary N) is 1. The summed E-state index contributed by atoms with van der Waals surface area (Å²) in [5, 5.41) is 12.0. The van der Waals surface area contributed by atoms with Gasteiger partial charge in [0, 0.05) is 10.4 Å². The molecule has 1 amide bonds. The minimum absolute atomic E-state index is 0.0812. The first-order valence-corrected chi connectivity index (χ1v) is 7.57. The third-order valence-corrected chi connectivity index (χ3v) is 4.90. The first kappa shape index (κ1) is 15.0. The second-order valence-corrected chi connectivity index (χ2v) is 6.12. The lowest BCUT2D eigenvalue weighted by atomic mass is 9.81. The molecule has 0 heterocycles. The van der Waals surface area contributed by atoms with Gasteiger partial charge in [0.2, 0.25) is 5.91 Å². The zero-order valence-corrected chi connectivity index (χ0v) is 12.9.